The van der Waals surface area contributed by atoms with Gasteiger partial charge in [0.25, 0.3) is 5.91 Å². The third-order valence-electron chi connectivity index (χ3n) is 3.38. The number of rotatable bonds is 11. The number of unbranched alkanes of at least 4 members (excludes halogenated alkanes) is 1. The highest BCUT2D eigenvalue weighted by molar-refractivity contribution is 5.94. The number of carboxylic acid groups (broad SMARTS) is 1. The molecule has 0 saturated carbocycles. The van der Waals surface area contributed by atoms with Crippen LogP contribution in [0.25, 0.3) is 0 Å². The number of nitrogens with two attached hydrogens (primary N) is 1. The fourth-order valence-electron chi connectivity index (χ4n) is 2.18. The van der Waals surface area contributed by atoms with Gasteiger partial charge in [0.2, 0.25) is 11.8 Å². The van der Waals surface area contributed by atoms with Crippen LogP contribution >= 0.6 is 0 Å². The highest BCUT2D eigenvalue weighted by Gasteiger charge is 2.15. The van der Waals surface area contributed by atoms with Crippen molar-refractivity contribution in [3.8, 4) is 5.75 Å². The molecule has 0 aliphatic rings. The molecule has 1 aromatic carbocycles. The van der Waals surface area contributed by atoms with Crippen LogP contribution in [0.1, 0.15) is 36.5 Å². The predicted molar refractivity (Wildman–Crippen MR) is 92.6 cm³/mol. The molecule has 0 unspecified atom stereocenters. The molecule has 3 amide bonds. The Bertz CT molecular complexity index is 662. The van der Waals surface area contributed by atoms with Crippen LogP contribution < -0.4 is 21.1 Å². The minimum Gasteiger partial charge on any atom is -0.482 e. The molecule has 0 fully saturated rings. The number of hydrogen-bond acceptors (Lipinski definition) is 5. The summed E-state index contributed by atoms with van der Waals surface area (Å²) >= 11 is 0. The standard InChI is InChI=1S/C17H23N3O6/c1-11(21)20-14(16(18)24)7-2-3-8-19-17(25)12-5-4-6-13(9-12)26-10-15(22)23/h4-6,9,14H,2-3,7-8,10H2,1H3,(H2,18,24)(H,19,25)(H,20,21)(H,22,23)/t14-/m0/s1. The first-order valence-corrected chi connectivity index (χ1v) is 8.09. The first-order valence-electron chi connectivity index (χ1n) is 8.09. The molecule has 1 atom stereocenters. The van der Waals surface area contributed by atoms with E-state index in [0.29, 0.717) is 37.1 Å². The number of hydrogen-bond donors (Lipinski definition) is 4. The first-order chi connectivity index (χ1) is 12.3. The third kappa shape index (κ3) is 8.13. The van der Waals surface area contributed by atoms with Crippen molar-refractivity contribution < 1.29 is 29.0 Å². The summed E-state index contributed by atoms with van der Waals surface area (Å²) in [5.74, 6) is -2.05. The van der Waals surface area contributed by atoms with Gasteiger partial charge < -0.3 is 26.2 Å². The molecule has 0 spiro atoms. The van der Waals surface area contributed by atoms with Crippen molar-refractivity contribution in [1.29, 1.82) is 0 Å². The smallest absolute Gasteiger partial charge is 0.341 e. The van der Waals surface area contributed by atoms with Gasteiger partial charge in [-0.1, -0.05) is 6.07 Å². The normalized spacial score (nSPS) is 11.3. The fourth-order valence-corrected chi connectivity index (χ4v) is 2.18. The van der Waals surface area contributed by atoms with E-state index in [2.05, 4.69) is 10.6 Å². The van der Waals surface area contributed by atoms with Gasteiger partial charge in [0, 0.05) is 19.0 Å². The van der Waals surface area contributed by atoms with E-state index in [1.807, 2.05) is 0 Å². The van der Waals surface area contributed by atoms with Crippen LogP contribution in [0, 0.1) is 0 Å². The van der Waals surface area contributed by atoms with Gasteiger partial charge in [-0.15, -0.1) is 0 Å². The molecule has 1 rings (SSSR count). The van der Waals surface area contributed by atoms with Gasteiger partial charge in [-0.3, -0.25) is 14.4 Å². The summed E-state index contributed by atoms with van der Waals surface area (Å²) in [5.41, 5.74) is 5.56. The molecule has 0 radical (unpaired) electrons. The van der Waals surface area contributed by atoms with Crippen molar-refractivity contribution >= 4 is 23.7 Å². The van der Waals surface area contributed by atoms with E-state index in [0.717, 1.165) is 0 Å². The van der Waals surface area contributed by atoms with Crippen molar-refractivity contribution in [3.63, 3.8) is 0 Å². The number of benzene rings is 1. The summed E-state index contributed by atoms with van der Waals surface area (Å²) in [6.07, 6.45) is 1.59. The zero-order chi connectivity index (χ0) is 19.5. The lowest BCUT2D eigenvalue weighted by atomic mass is 10.1. The number of primary amides is 1. The Morgan fingerprint density at radius 2 is 1.96 bits per heavy atom. The van der Waals surface area contributed by atoms with Gasteiger partial charge in [-0.25, -0.2) is 4.79 Å². The second-order valence-corrected chi connectivity index (χ2v) is 5.62. The molecule has 0 saturated heterocycles. The maximum absolute atomic E-state index is 12.1. The minimum atomic E-state index is -1.10. The maximum Gasteiger partial charge on any atom is 0.341 e. The Hall–Kier alpha value is -3.10. The summed E-state index contributed by atoms with van der Waals surface area (Å²) < 4.78 is 5.02. The summed E-state index contributed by atoms with van der Waals surface area (Å²) in [6.45, 7) is 1.20. The van der Waals surface area contributed by atoms with Crippen LogP contribution in [-0.4, -0.2) is 48.0 Å². The van der Waals surface area contributed by atoms with Gasteiger partial charge in [0.15, 0.2) is 6.61 Å². The summed E-state index contributed by atoms with van der Waals surface area (Å²) in [5, 5.41) is 13.8. The highest BCUT2D eigenvalue weighted by Crippen LogP contribution is 2.13. The van der Waals surface area contributed by atoms with Crippen LogP contribution in [0.4, 0.5) is 0 Å². The molecule has 0 heterocycles. The highest BCUT2D eigenvalue weighted by atomic mass is 16.5. The molecule has 0 aliphatic heterocycles. The van der Waals surface area contributed by atoms with E-state index < -0.39 is 24.5 Å². The average molecular weight is 365 g/mol. The van der Waals surface area contributed by atoms with Crippen LogP contribution in [0.5, 0.6) is 5.75 Å². The Kier molecular flexibility index (Phi) is 8.62. The Labute approximate surface area is 150 Å². The van der Waals surface area contributed by atoms with E-state index >= 15 is 0 Å². The largest absolute Gasteiger partial charge is 0.482 e. The molecule has 142 valence electrons. The molecule has 0 aliphatic carbocycles. The van der Waals surface area contributed by atoms with E-state index in [4.69, 9.17) is 15.6 Å². The quantitative estimate of drug-likeness (QED) is 0.407. The molecule has 0 aromatic heterocycles. The Morgan fingerprint density at radius 3 is 2.58 bits per heavy atom. The number of nitrogens with one attached hydrogen (secondary N) is 2. The van der Waals surface area contributed by atoms with E-state index in [-0.39, 0.29) is 11.8 Å². The monoisotopic (exact) mass is 365 g/mol. The van der Waals surface area contributed by atoms with Crippen LogP contribution in [0.3, 0.4) is 0 Å². The van der Waals surface area contributed by atoms with Crippen LogP contribution in [0.2, 0.25) is 0 Å². The van der Waals surface area contributed by atoms with E-state index in [1.165, 1.54) is 13.0 Å². The zero-order valence-corrected chi connectivity index (χ0v) is 14.5. The topological polar surface area (TPSA) is 148 Å². The fraction of sp³-hybridized carbons (Fsp3) is 0.412. The number of carboxylic acids is 1. The molecule has 26 heavy (non-hydrogen) atoms. The number of ether oxygens (including phenoxy) is 1. The van der Waals surface area contributed by atoms with Gasteiger partial charge in [-0.2, -0.15) is 0 Å². The second kappa shape index (κ2) is 10.7. The van der Waals surface area contributed by atoms with Crippen molar-refractivity contribution in [1.82, 2.24) is 10.6 Å². The lowest BCUT2D eigenvalue weighted by molar-refractivity contribution is -0.139. The summed E-state index contributed by atoms with van der Waals surface area (Å²) in [7, 11) is 0. The van der Waals surface area contributed by atoms with E-state index in [9.17, 15) is 19.2 Å². The Balaban J connectivity index is 2.38. The molecule has 1 aromatic rings. The number of amides is 3. The van der Waals surface area contributed by atoms with Gasteiger partial charge in [-0.05, 0) is 37.5 Å². The number of carbonyl (C=O) groups excluding carboxylic acids is 3. The van der Waals surface area contributed by atoms with Crippen LogP contribution in [0.15, 0.2) is 24.3 Å². The minimum absolute atomic E-state index is 0.291. The predicted octanol–water partition coefficient (Wildman–Crippen LogP) is 0.0401. The van der Waals surface area contributed by atoms with Crippen LogP contribution in [-0.2, 0) is 14.4 Å². The molecule has 5 N–H and O–H groups in total. The third-order valence-corrected chi connectivity index (χ3v) is 3.38. The molecular weight excluding hydrogens is 342 g/mol. The van der Waals surface area contributed by atoms with E-state index in [1.54, 1.807) is 18.2 Å². The van der Waals surface area contributed by atoms with Gasteiger partial charge in [0.05, 0.1) is 0 Å². The average Bonchev–Trinajstić information content (AvgIpc) is 2.58. The van der Waals surface area contributed by atoms with Crippen molar-refractivity contribution in [2.75, 3.05) is 13.2 Å². The number of carbonyl (C=O) groups is 4. The molecule has 0 bridgehead atoms. The lowest BCUT2D eigenvalue weighted by Crippen LogP contribution is -2.43. The SMILES string of the molecule is CC(=O)N[C@@H](CCCCNC(=O)c1cccc(OCC(=O)O)c1)C(N)=O. The zero-order valence-electron chi connectivity index (χ0n) is 14.5. The molecule has 9 heteroatoms. The summed E-state index contributed by atoms with van der Waals surface area (Å²) in [6, 6.07) is 5.48. The van der Waals surface area contributed by atoms with Gasteiger partial charge >= 0.3 is 5.97 Å². The first kappa shape index (κ1) is 20.9. The summed E-state index contributed by atoms with van der Waals surface area (Å²) in [4.78, 5) is 44.8. The van der Waals surface area contributed by atoms with Crippen molar-refractivity contribution in [3.05, 3.63) is 29.8 Å². The lowest BCUT2D eigenvalue weighted by Gasteiger charge is -2.14. The second-order valence-electron chi connectivity index (χ2n) is 5.62. The van der Waals surface area contributed by atoms with Crippen molar-refractivity contribution in [2.24, 2.45) is 5.73 Å². The number of aliphatic carboxylic acids is 1. The molecular formula is C17H23N3O6. The van der Waals surface area contributed by atoms with Crippen molar-refractivity contribution in [2.45, 2.75) is 32.2 Å². The maximum atomic E-state index is 12.1. The molecule has 9 nitrogen and oxygen atoms in total. The van der Waals surface area contributed by atoms with Gasteiger partial charge in [0.1, 0.15) is 11.8 Å². The Morgan fingerprint density at radius 1 is 1.23 bits per heavy atom.